The molecule has 1 amide bonds. The fraction of sp³-hybridized carbons (Fsp3) is 0.636. The highest BCUT2D eigenvalue weighted by Gasteiger charge is 2.11. The van der Waals surface area contributed by atoms with Crippen LogP contribution in [0.3, 0.4) is 0 Å². The molecule has 1 atom stereocenters. The second-order valence-electron chi connectivity index (χ2n) is 3.96. The third kappa shape index (κ3) is 4.32. The summed E-state index contributed by atoms with van der Waals surface area (Å²) in [7, 11) is 3.41. The number of ether oxygens (including phenoxy) is 1. The summed E-state index contributed by atoms with van der Waals surface area (Å²) < 4.78 is 6.71. The number of nitrogens with one attached hydrogen (secondary N) is 1. The van der Waals surface area contributed by atoms with E-state index in [9.17, 15) is 4.79 Å². The van der Waals surface area contributed by atoms with Crippen molar-refractivity contribution in [2.24, 2.45) is 7.05 Å². The number of carbonyl (C=O) groups is 1. The number of nitrogens with zero attached hydrogens (tertiary/aromatic N) is 2. The molecule has 102 valence electrons. The van der Waals surface area contributed by atoms with Crippen molar-refractivity contribution < 1.29 is 14.6 Å². The Morgan fingerprint density at radius 3 is 3.00 bits per heavy atom. The lowest BCUT2D eigenvalue weighted by molar-refractivity contribution is -0.119. The number of amides is 1. The fourth-order valence-electron chi connectivity index (χ4n) is 1.45. The minimum Gasteiger partial charge on any atom is -0.390 e. The molecule has 1 heterocycles. The molecule has 0 saturated heterocycles. The zero-order valence-corrected chi connectivity index (χ0v) is 11.7. The fourth-order valence-corrected chi connectivity index (χ4v) is 2.23. The molecule has 0 bridgehead atoms. The molecule has 0 aliphatic heterocycles. The van der Waals surface area contributed by atoms with Crippen LogP contribution in [0.15, 0.2) is 11.4 Å². The van der Waals surface area contributed by atoms with Gasteiger partial charge in [0.05, 0.1) is 30.9 Å². The van der Waals surface area contributed by atoms with Crippen molar-refractivity contribution in [2.45, 2.75) is 24.7 Å². The number of aliphatic hydroxyl groups is 1. The summed E-state index contributed by atoms with van der Waals surface area (Å²) >= 11 is 1.34. The summed E-state index contributed by atoms with van der Waals surface area (Å²) in [5.41, 5.74) is 0.727. The number of aromatic nitrogens is 2. The summed E-state index contributed by atoms with van der Waals surface area (Å²) in [6, 6.07) is -0.00234. The maximum Gasteiger partial charge on any atom is 0.230 e. The number of aliphatic hydroxyl groups excluding tert-OH is 1. The third-order valence-corrected chi connectivity index (χ3v) is 3.40. The Bertz CT molecular complexity index is 395. The van der Waals surface area contributed by atoms with Gasteiger partial charge in [-0.3, -0.25) is 4.79 Å². The van der Waals surface area contributed by atoms with Crippen LogP contribution in [0.4, 0.5) is 0 Å². The van der Waals surface area contributed by atoms with Crippen LogP contribution in [0.5, 0.6) is 0 Å². The van der Waals surface area contributed by atoms with Gasteiger partial charge < -0.3 is 19.7 Å². The molecule has 0 aliphatic carbocycles. The Labute approximate surface area is 111 Å². The normalized spacial score (nSPS) is 12.4. The van der Waals surface area contributed by atoms with Gasteiger partial charge in [0.25, 0.3) is 0 Å². The van der Waals surface area contributed by atoms with E-state index in [-0.39, 0.29) is 18.6 Å². The first-order chi connectivity index (χ1) is 8.58. The van der Waals surface area contributed by atoms with Crippen molar-refractivity contribution in [1.29, 1.82) is 0 Å². The number of rotatable bonds is 7. The van der Waals surface area contributed by atoms with Gasteiger partial charge in [-0.15, -0.1) is 0 Å². The summed E-state index contributed by atoms with van der Waals surface area (Å²) in [6.45, 7) is 2.32. The highest BCUT2D eigenvalue weighted by Crippen LogP contribution is 2.16. The quantitative estimate of drug-likeness (QED) is 0.692. The summed E-state index contributed by atoms with van der Waals surface area (Å²) in [5, 5.41) is 12.6. The average molecular weight is 273 g/mol. The standard InChI is InChI=1S/C11H19N3O3S/c1-8(6-17-3)13-10(16)7-18-11-12-4-9(5-15)14(11)2/h4,8,15H,5-7H2,1-3H3,(H,13,16). The number of hydrogen-bond acceptors (Lipinski definition) is 5. The smallest absolute Gasteiger partial charge is 0.230 e. The van der Waals surface area contributed by atoms with Crippen molar-refractivity contribution in [2.75, 3.05) is 19.5 Å². The van der Waals surface area contributed by atoms with Crippen molar-refractivity contribution >= 4 is 17.7 Å². The van der Waals surface area contributed by atoms with E-state index in [0.29, 0.717) is 17.5 Å². The molecule has 0 aromatic carbocycles. The molecule has 1 rings (SSSR count). The minimum absolute atomic E-state index is 0.00234. The van der Waals surface area contributed by atoms with Crippen molar-refractivity contribution in [3.05, 3.63) is 11.9 Å². The van der Waals surface area contributed by atoms with Crippen LogP contribution in [-0.4, -0.2) is 46.1 Å². The van der Waals surface area contributed by atoms with E-state index in [2.05, 4.69) is 10.3 Å². The Kier molecular flexibility index (Phi) is 6.17. The van der Waals surface area contributed by atoms with Gasteiger partial charge in [-0.2, -0.15) is 0 Å². The summed E-state index contributed by atoms with van der Waals surface area (Å²) in [6.07, 6.45) is 1.60. The van der Waals surface area contributed by atoms with E-state index >= 15 is 0 Å². The van der Waals surface area contributed by atoms with Crippen LogP contribution in [0.1, 0.15) is 12.6 Å². The van der Waals surface area contributed by atoms with Crippen molar-refractivity contribution in [1.82, 2.24) is 14.9 Å². The number of methoxy groups -OCH3 is 1. The maximum atomic E-state index is 11.6. The van der Waals surface area contributed by atoms with Gasteiger partial charge in [0.15, 0.2) is 5.16 Å². The Hall–Kier alpha value is -1.05. The molecule has 2 N–H and O–H groups in total. The van der Waals surface area contributed by atoms with Crippen molar-refractivity contribution in [3.8, 4) is 0 Å². The average Bonchev–Trinajstić information content (AvgIpc) is 2.67. The minimum atomic E-state index is -0.0573. The molecule has 0 fully saturated rings. The molecule has 0 radical (unpaired) electrons. The molecule has 0 aliphatic rings. The zero-order valence-electron chi connectivity index (χ0n) is 10.8. The molecule has 1 aromatic rings. The predicted octanol–water partition coefficient (Wildman–Crippen LogP) is 0.156. The molecule has 0 spiro atoms. The van der Waals surface area contributed by atoms with Crippen LogP contribution in [0.25, 0.3) is 0 Å². The highest BCUT2D eigenvalue weighted by atomic mass is 32.2. The zero-order chi connectivity index (χ0) is 13.5. The third-order valence-electron chi connectivity index (χ3n) is 2.36. The molecular weight excluding hydrogens is 254 g/mol. The van der Waals surface area contributed by atoms with Crippen LogP contribution in [0.2, 0.25) is 0 Å². The van der Waals surface area contributed by atoms with E-state index in [0.717, 1.165) is 5.69 Å². The number of imidazole rings is 1. The molecule has 1 aromatic heterocycles. The molecule has 1 unspecified atom stereocenters. The lowest BCUT2D eigenvalue weighted by Crippen LogP contribution is -2.36. The van der Waals surface area contributed by atoms with Crippen LogP contribution in [0, 0.1) is 0 Å². The number of carbonyl (C=O) groups excluding carboxylic acids is 1. The van der Waals surface area contributed by atoms with E-state index in [4.69, 9.17) is 9.84 Å². The first kappa shape index (κ1) is 15.0. The van der Waals surface area contributed by atoms with Gasteiger partial charge in [0.2, 0.25) is 5.91 Å². The number of hydrogen-bond donors (Lipinski definition) is 2. The SMILES string of the molecule is COCC(C)NC(=O)CSc1ncc(CO)n1C. The van der Waals surface area contributed by atoms with E-state index in [1.165, 1.54) is 11.8 Å². The molecule has 18 heavy (non-hydrogen) atoms. The Balaban J connectivity index is 2.40. The monoisotopic (exact) mass is 273 g/mol. The van der Waals surface area contributed by atoms with Gasteiger partial charge in [-0.1, -0.05) is 11.8 Å². The van der Waals surface area contributed by atoms with Gasteiger partial charge in [0.1, 0.15) is 0 Å². The van der Waals surface area contributed by atoms with Gasteiger partial charge in [0, 0.05) is 20.2 Å². The molecular formula is C11H19N3O3S. The summed E-state index contributed by atoms with van der Waals surface area (Å²) in [5.74, 6) is 0.238. The van der Waals surface area contributed by atoms with E-state index in [1.54, 1.807) is 17.9 Å². The second kappa shape index (κ2) is 7.40. The summed E-state index contributed by atoms with van der Waals surface area (Å²) in [4.78, 5) is 15.8. The van der Waals surface area contributed by atoms with Crippen LogP contribution < -0.4 is 5.32 Å². The van der Waals surface area contributed by atoms with Gasteiger partial charge in [-0.25, -0.2) is 4.98 Å². The molecule has 7 heteroatoms. The van der Waals surface area contributed by atoms with E-state index in [1.807, 2.05) is 14.0 Å². The largest absolute Gasteiger partial charge is 0.390 e. The predicted molar refractivity (Wildman–Crippen MR) is 69.3 cm³/mol. The Morgan fingerprint density at radius 2 is 2.44 bits per heavy atom. The Morgan fingerprint density at radius 1 is 1.72 bits per heavy atom. The maximum absolute atomic E-state index is 11.6. The molecule has 0 saturated carbocycles. The number of thioether (sulfide) groups is 1. The first-order valence-electron chi connectivity index (χ1n) is 5.61. The van der Waals surface area contributed by atoms with Crippen LogP contribution >= 0.6 is 11.8 Å². The molecule has 6 nitrogen and oxygen atoms in total. The topological polar surface area (TPSA) is 76.4 Å². The lowest BCUT2D eigenvalue weighted by atomic mass is 10.3. The first-order valence-corrected chi connectivity index (χ1v) is 6.59. The van der Waals surface area contributed by atoms with Gasteiger partial charge >= 0.3 is 0 Å². The second-order valence-corrected chi connectivity index (χ2v) is 4.90. The van der Waals surface area contributed by atoms with Crippen molar-refractivity contribution in [3.63, 3.8) is 0 Å². The highest BCUT2D eigenvalue weighted by molar-refractivity contribution is 7.99. The van der Waals surface area contributed by atoms with Gasteiger partial charge in [-0.05, 0) is 6.92 Å². The van der Waals surface area contributed by atoms with Crippen LogP contribution in [-0.2, 0) is 23.2 Å². The lowest BCUT2D eigenvalue weighted by Gasteiger charge is -2.12. The van der Waals surface area contributed by atoms with E-state index < -0.39 is 0 Å².